The van der Waals surface area contributed by atoms with E-state index in [1.54, 1.807) is 10.9 Å². The van der Waals surface area contributed by atoms with Crippen molar-refractivity contribution in [3.63, 3.8) is 0 Å². The van der Waals surface area contributed by atoms with Gasteiger partial charge in [0, 0.05) is 31.9 Å². The minimum atomic E-state index is -1.06. The van der Waals surface area contributed by atoms with Gasteiger partial charge in [0.05, 0.1) is 0 Å². The Morgan fingerprint density at radius 1 is 1.59 bits per heavy atom. The number of carboxylic acid groups (broad SMARTS) is 1. The molecule has 0 fully saturated rings. The van der Waals surface area contributed by atoms with E-state index in [0.29, 0.717) is 13.0 Å². The van der Waals surface area contributed by atoms with Gasteiger partial charge in [0.1, 0.15) is 6.04 Å². The largest absolute Gasteiger partial charge is 0.480 e. The molecule has 2 amide bonds. The first-order valence-electron chi connectivity index (χ1n) is 5.24. The zero-order valence-corrected chi connectivity index (χ0v) is 9.80. The van der Waals surface area contributed by atoms with Crippen LogP contribution in [0.3, 0.4) is 0 Å². The van der Waals surface area contributed by atoms with Crippen LogP contribution in [0.25, 0.3) is 0 Å². The lowest BCUT2D eigenvalue weighted by molar-refractivity contribution is -0.138. The van der Waals surface area contributed by atoms with E-state index in [2.05, 4.69) is 15.7 Å². The minimum Gasteiger partial charge on any atom is -0.480 e. The van der Waals surface area contributed by atoms with Gasteiger partial charge in [-0.25, -0.2) is 4.79 Å². The second kappa shape index (κ2) is 5.88. The van der Waals surface area contributed by atoms with Crippen molar-refractivity contribution < 1.29 is 14.7 Å². The van der Waals surface area contributed by atoms with Gasteiger partial charge in [0.15, 0.2) is 0 Å². The molecular formula is C10H16N4O3. The molecule has 1 aromatic heterocycles. The fraction of sp³-hybridized carbons (Fsp3) is 0.500. The van der Waals surface area contributed by atoms with Gasteiger partial charge in [0.2, 0.25) is 0 Å². The van der Waals surface area contributed by atoms with E-state index in [1.165, 1.54) is 6.92 Å². The predicted octanol–water partition coefficient (Wildman–Crippen LogP) is -0.265. The lowest BCUT2D eigenvalue weighted by Crippen LogP contribution is -2.44. The number of nitrogens with zero attached hydrogens (tertiary/aromatic N) is 2. The predicted molar refractivity (Wildman–Crippen MR) is 60.5 cm³/mol. The minimum absolute atomic E-state index is 0.428. The summed E-state index contributed by atoms with van der Waals surface area (Å²) in [7, 11) is 1.82. The van der Waals surface area contributed by atoms with Crippen molar-refractivity contribution >= 4 is 12.0 Å². The smallest absolute Gasteiger partial charge is 0.325 e. The molecule has 1 rings (SSSR count). The SMILES string of the molecule is CC(NC(=O)NCCc1ccnn1C)C(=O)O. The van der Waals surface area contributed by atoms with Crippen molar-refractivity contribution in [1.82, 2.24) is 20.4 Å². The van der Waals surface area contributed by atoms with Gasteiger partial charge < -0.3 is 15.7 Å². The summed E-state index contributed by atoms with van der Waals surface area (Å²) < 4.78 is 1.72. The topological polar surface area (TPSA) is 96.3 Å². The second-order valence-corrected chi connectivity index (χ2v) is 3.66. The van der Waals surface area contributed by atoms with E-state index >= 15 is 0 Å². The van der Waals surface area contributed by atoms with Crippen molar-refractivity contribution in [2.24, 2.45) is 7.05 Å². The Hall–Kier alpha value is -2.05. The molecule has 1 heterocycles. The average molecular weight is 240 g/mol. The third-order valence-corrected chi connectivity index (χ3v) is 2.31. The van der Waals surface area contributed by atoms with E-state index in [4.69, 9.17) is 5.11 Å². The number of urea groups is 1. The molecule has 17 heavy (non-hydrogen) atoms. The normalized spacial score (nSPS) is 11.9. The van der Waals surface area contributed by atoms with E-state index in [-0.39, 0.29) is 0 Å². The molecule has 7 heteroatoms. The number of amides is 2. The van der Waals surface area contributed by atoms with Crippen LogP contribution in [0.2, 0.25) is 0 Å². The first-order chi connectivity index (χ1) is 8.00. The molecule has 7 nitrogen and oxygen atoms in total. The van der Waals surface area contributed by atoms with Crippen LogP contribution >= 0.6 is 0 Å². The number of hydrogen-bond donors (Lipinski definition) is 3. The van der Waals surface area contributed by atoms with Crippen molar-refractivity contribution in [2.75, 3.05) is 6.54 Å². The van der Waals surface area contributed by atoms with Gasteiger partial charge in [-0.05, 0) is 13.0 Å². The molecule has 1 unspecified atom stereocenters. The molecule has 0 aromatic carbocycles. The molecule has 0 spiro atoms. The van der Waals surface area contributed by atoms with Gasteiger partial charge in [-0.2, -0.15) is 5.10 Å². The number of aliphatic carboxylic acids is 1. The number of aryl methyl sites for hydroxylation is 1. The average Bonchev–Trinajstić information content (AvgIpc) is 2.64. The van der Waals surface area contributed by atoms with Gasteiger partial charge in [0.25, 0.3) is 0 Å². The van der Waals surface area contributed by atoms with Crippen LogP contribution < -0.4 is 10.6 Å². The Morgan fingerprint density at radius 2 is 2.29 bits per heavy atom. The molecule has 0 radical (unpaired) electrons. The Labute approximate surface area is 98.8 Å². The molecule has 0 saturated carbocycles. The van der Waals surface area contributed by atoms with E-state index in [9.17, 15) is 9.59 Å². The number of carbonyl (C=O) groups excluding carboxylic acids is 1. The zero-order valence-electron chi connectivity index (χ0n) is 9.80. The maximum absolute atomic E-state index is 11.3. The fourth-order valence-electron chi connectivity index (χ4n) is 1.26. The molecule has 0 bridgehead atoms. The van der Waals surface area contributed by atoms with Gasteiger partial charge >= 0.3 is 12.0 Å². The molecule has 0 saturated heterocycles. The third kappa shape index (κ3) is 4.13. The highest BCUT2D eigenvalue weighted by Gasteiger charge is 2.13. The van der Waals surface area contributed by atoms with Crippen molar-refractivity contribution in [3.05, 3.63) is 18.0 Å². The Balaban J connectivity index is 2.25. The van der Waals surface area contributed by atoms with Gasteiger partial charge in [-0.1, -0.05) is 0 Å². The van der Waals surface area contributed by atoms with Crippen LogP contribution in [-0.2, 0) is 18.3 Å². The molecule has 1 aromatic rings. The molecule has 0 aliphatic carbocycles. The summed E-state index contributed by atoms with van der Waals surface area (Å²) in [6.07, 6.45) is 2.33. The third-order valence-electron chi connectivity index (χ3n) is 2.31. The summed E-state index contributed by atoms with van der Waals surface area (Å²) in [5.74, 6) is -1.06. The van der Waals surface area contributed by atoms with Crippen LogP contribution in [0.4, 0.5) is 4.79 Å². The summed E-state index contributed by atoms with van der Waals surface area (Å²) in [6.45, 7) is 1.83. The monoisotopic (exact) mass is 240 g/mol. The standard InChI is InChI=1S/C10H16N4O3/c1-7(9(15)16)13-10(17)11-5-3-8-4-6-12-14(8)2/h4,6-7H,3,5H2,1-2H3,(H,15,16)(H2,11,13,17). The summed E-state index contributed by atoms with van der Waals surface area (Å²) in [4.78, 5) is 21.7. The van der Waals surface area contributed by atoms with Crippen molar-refractivity contribution in [3.8, 4) is 0 Å². The van der Waals surface area contributed by atoms with Crippen LogP contribution in [0.5, 0.6) is 0 Å². The van der Waals surface area contributed by atoms with E-state index in [0.717, 1.165) is 5.69 Å². The molecule has 1 atom stereocenters. The van der Waals surface area contributed by atoms with Crippen LogP contribution in [0, 0.1) is 0 Å². The molecule has 3 N–H and O–H groups in total. The molecule has 0 aliphatic rings. The summed E-state index contributed by atoms with van der Waals surface area (Å²) in [6, 6.07) is 0.480. The Morgan fingerprint density at radius 3 is 2.82 bits per heavy atom. The maximum Gasteiger partial charge on any atom is 0.325 e. The number of rotatable bonds is 5. The lowest BCUT2D eigenvalue weighted by atomic mass is 10.3. The van der Waals surface area contributed by atoms with Gasteiger partial charge in [-0.15, -0.1) is 0 Å². The molecule has 0 aliphatic heterocycles. The van der Waals surface area contributed by atoms with Crippen LogP contribution in [-0.4, -0.2) is 39.5 Å². The molecule has 94 valence electrons. The number of hydrogen-bond acceptors (Lipinski definition) is 3. The first-order valence-corrected chi connectivity index (χ1v) is 5.24. The first kappa shape index (κ1) is 13.0. The summed E-state index contributed by atoms with van der Waals surface area (Å²) >= 11 is 0. The summed E-state index contributed by atoms with van der Waals surface area (Å²) in [5.41, 5.74) is 0.997. The number of nitrogens with one attached hydrogen (secondary N) is 2. The fourth-order valence-corrected chi connectivity index (χ4v) is 1.26. The molecular weight excluding hydrogens is 224 g/mol. The second-order valence-electron chi connectivity index (χ2n) is 3.66. The Bertz CT molecular complexity index is 402. The van der Waals surface area contributed by atoms with Crippen molar-refractivity contribution in [1.29, 1.82) is 0 Å². The number of carbonyl (C=O) groups is 2. The highest BCUT2D eigenvalue weighted by atomic mass is 16.4. The van der Waals surface area contributed by atoms with E-state index < -0.39 is 18.0 Å². The lowest BCUT2D eigenvalue weighted by Gasteiger charge is -2.10. The number of carboxylic acids is 1. The van der Waals surface area contributed by atoms with Crippen LogP contribution in [0.15, 0.2) is 12.3 Å². The maximum atomic E-state index is 11.3. The highest BCUT2D eigenvalue weighted by Crippen LogP contribution is 1.95. The van der Waals surface area contributed by atoms with Crippen LogP contribution in [0.1, 0.15) is 12.6 Å². The zero-order chi connectivity index (χ0) is 12.8. The quantitative estimate of drug-likeness (QED) is 0.660. The number of aromatic nitrogens is 2. The highest BCUT2D eigenvalue weighted by molar-refractivity contribution is 5.82. The van der Waals surface area contributed by atoms with Crippen molar-refractivity contribution in [2.45, 2.75) is 19.4 Å². The van der Waals surface area contributed by atoms with Gasteiger partial charge in [-0.3, -0.25) is 9.48 Å². The Kier molecular flexibility index (Phi) is 4.50. The van der Waals surface area contributed by atoms with E-state index in [1.807, 2.05) is 13.1 Å². The summed E-state index contributed by atoms with van der Waals surface area (Å²) in [5, 5.41) is 17.5.